The molecule has 2 aromatic rings. The molecule has 1 N–H and O–H groups in total. The molecule has 0 amide bonds. The Bertz CT molecular complexity index is 928. The van der Waals surface area contributed by atoms with Crippen LogP contribution >= 0.6 is 0 Å². The first kappa shape index (κ1) is 33.5. The highest BCUT2D eigenvalue weighted by molar-refractivity contribution is 5.14. The van der Waals surface area contributed by atoms with Crippen LogP contribution in [-0.4, -0.2) is 81.1 Å². The van der Waals surface area contributed by atoms with Crippen molar-refractivity contribution in [1.29, 1.82) is 0 Å². The van der Waals surface area contributed by atoms with Crippen LogP contribution in [0.25, 0.3) is 0 Å². The summed E-state index contributed by atoms with van der Waals surface area (Å²) in [6.45, 7) is 26.9. The lowest BCUT2D eigenvalue weighted by molar-refractivity contribution is -0.00675. The lowest BCUT2D eigenvalue weighted by atomic mass is 10.2. The number of ether oxygens (including phenoxy) is 2. The van der Waals surface area contributed by atoms with Crippen LogP contribution in [0.3, 0.4) is 0 Å². The maximum Gasteiger partial charge on any atom is 0.115 e. The highest BCUT2D eigenvalue weighted by Gasteiger charge is 2.14. The number of nitrogens with one attached hydrogen (secondary N) is 1. The zero-order chi connectivity index (χ0) is 28.8. The number of aryl methyl sites for hydroxylation is 3. The number of rotatable bonds is 20. The van der Waals surface area contributed by atoms with Gasteiger partial charge in [-0.2, -0.15) is 0 Å². The van der Waals surface area contributed by atoms with Gasteiger partial charge in [-0.25, -0.2) is 9.97 Å². The minimum Gasteiger partial charge on any atom is -0.379 e. The third-order valence-electron chi connectivity index (χ3n) is 6.68. The molecule has 2 heterocycles. The van der Waals surface area contributed by atoms with E-state index < -0.39 is 0 Å². The van der Waals surface area contributed by atoms with Gasteiger partial charge < -0.3 is 28.8 Å². The molecular weight excluding hydrogens is 488 g/mol. The Kier molecular flexibility index (Phi) is 14.7. The van der Waals surface area contributed by atoms with E-state index in [-0.39, 0.29) is 11.7 Å². The van der Waals surface area contributed by atoms with Crippen molar-refractivity contribution in [3.05, 3.63) is 35.4 Å². The number of hydrogen-bond donors (Lipinski definition) is 1. The van der Waals surface area contributed by atoms with Gasteiger partial charge in [0.25, 0.3) is 0 Å². The van der Waals surface area contributed by atoms with E-state index in [9.17, 15) is 0 Å². The lowest BCUT2D eigenvalue weighted by Gasteiger charge is -2.23. The van der Waals surface area contributed by atoms with Crippen molar-refractivity contribution < 1.29 is 9.47 Å². The summed E-state index contributed by atoms with van der Waals surface area (Å²) in [7, 11) is 0. The molecule has 0 saturated heterocycles. The van der Waals surface area contributed by atoms with Crippen molar-refractivity contribution in [2.24, 2.45) is 0 Å². The molecule has 0 saturated carbocycles. The zero-order valence-electron chi connectivity index (χ0n) is 26.6. The molecule has 39 heavy (non-hydrogen) atoms. The third-order valence-corrected chi connectivity index (χ3v) is 6.68. The van der Waals surface area contributed by atoms with Gasteiger partial charge in [0, 0.05) is 70.7 Å². The lowest BCUT2D eigenvalue weighted by Crippen LogP contribution is -2.29. The van der Waals surface area contributed by atoms with Gasteiger partial charge in [-0.3, -0.25) is 0 Å². The molecule has 0 fully saturated rings. The molecule has 0 aliphatic rings. The minimum absolute atomic E-state index is 0.0679. The van der Waals surface area contributed by atoms with Gasteiger partial charge in [0.05, 0.1) is 23.1 Å². The molecule has 0 bridgehead atoms. The Balaban J connectivity index is 2.01. The molecule has 2 aromatic heterocycles. The first-order chi connectivity index (χ1) is 18.5. The number of imidazole rings is 2. The summed E-state index contributed by atoms with van der Waals surface area (Å²) in [5.74, 6) is 2.17. The van der Waals surface area contributed by atoms with E-state index in [2.05, 4.69) is 94.1 Å². The Morgan fingerprint density at radius 3 is 2.31 bits per heavy atom. The second-order valence-electron chi connectivity index (χ2n) is 12.2. The van der Waals surface area contributed by atoms with E-state index in [0.717, 1.165) is 102 Å². The van der Waals surface area contributed by atoms with Crippen molar-refractivity contribution in [3.8, 4) is 0 Å². The van der Waals surface area contributed by atoms with E-state index in [0.29, 0.717) is 6.04 Å². The van der Waals surface area contributed by atoms with Crippen LogP contribution in [0.15, 0.2) is 12.4 Å². The van der Waals surface area contributed by atoms with E-state index in [1.165, 1.54) is 5.69 Å². The van der Waals surface area contributed by atoms with Crippen molar-refractivity contribution in [2.75, 3.05) is 39.4 Å². The SMILES string of the molecule is CCN(CCCOC(C)(C)C)CCc1cn(CCCNC(C)C)c(Cc2cn(CCCOC(C)C)c(C)n2)n1. The average molecular weight is 547 g/mol. The van der Waals surface area contributed by atoms with Gasteiger partial charge in [-0.1, -0.05) is 20.8 Å². The minimum atomic E-state index is -0.0679. The number of nitrogens with zero attached hydrogens (tertiary/aromatic N) is 5. The first-order valence-corrected chi connectivity index (χ1v) is 15.3. The molecule has 0 atom stereocenters. The maximum absolute atomic E-state index is 5.91. The molecule has 8 nitrogen and oxygen atoms in total. The second kappa shape index (κ2) is 17.2. The predicted octanol–water partition coefficient (Wildman–Crippen LogP) is 5.25. The number of likely N-dealkylation sites (N-methyl/N-ethyl adjacent to an activating group) is 1. The molecule has 8 heteroatoms. The normalized spacial score (nSPS) is 12.5. The summed E-state index contributed by atoms with van der Waals surface area (Å²) >= 11 is 0. The van der Waals surface area contributed by atoms with Crippen LogP contribution in [0.5, 0.6) is 0 Å². The predicted molar refractivity (Wildman–Crippen MR) is 162 cm³/mol. The molecule has 0 aliphatic carbocycles. The quantitative estimate of drug-likeness (QED) is 0.229. The van der Waals surface area contributed by atoms with Crippen molar-refractivity contribution in [1.82, 2.24) is 29.3 Å². The van der Waals surface area contributed by atoms with Crippen LogP contribution in [0, 0.1) is 6.92 Å². The smallest absolute Gasteiger partial charge is 0.115 e. The molecule has 0 aromatic carbocycles. The third kappa shape index (κ3) is 13.9. The van der Waals surface area contributed by atoms with Crippen molar-refractivity contribution >= 4 is 0 Å². The summed E-state index contributed by atoms with van der Waals surface area (Å²) in [5.41, 5.74) is 2.19. The Morgan fingerprint density at radius 1 is 0.923 bits per heavy atom. The largest absolute Gasteiger partial charge is 0.379 e. The van der Waals surface area contributed by atoms with E-state index in [1.54, 1.807) is 0 Å². The van der Waals surface area contributed by atoms with Crippen LogP contribution < -0.4 is 5.32 Å². The van der Waals surface area contributed by atoms with Crippen LogP contribution in [0.2, 0.25) is 0 Å². The van der Waals surface area contributed by atoms with Crippen LogP contribution in [0.4, 0.5) is 0 Å². The summed E-state index contributed by atoms with van der Waals surface area (Å²) in [6.07, 6.45) is 9.60. The molecule has 224 valence electrons. The monoisotopic (exact) mass is 546 g/mol. The Hall–Kier alpha value is -1.74. The average Bonchev–Trinajstić information content (AvgIpc) is 3.40. The topological polar surface area (TPSA) is 69.4 Å². The summed E-state index contributed by atoms with van der Waals surface area (Å²) in [5, 5.41) is 3.54. The van der Waals surface area contributed by atoms with Gasteiger partial charge in [0.2, 0.25) is 0 Å². The van der Waals surface area contributed by atoms with Gasteiger partial charge in [-0.05, 0) is 73.9 Å². The molecule has 0 aliphatic heterocycles. The standard InChI is InChI=1S/C31H58N6O2/c1-10-35(16-12-21-39-31(7,8)9)19-14-28-23-37(17-11-15-32-25(2)3)30(34-28)22-29-24-36(27(6)33-29)18-13-20-38-26(4)5/h23-26,32H,10-22H2,1-9H3. The molecule has 0 radical (unpaired) electrons. The molecule has 0 spiro atoms. The molecular formula is C31H58N6O2. The number of hydrogen-bond acceptors (Lipinski definition) is 6. The summed E-state index contributed by atoms with van der Waals surface area (Å²) in [6, 6.07) is 0.509. The second-order valence-corrected chi connectivity index (χ2v) is 12.2. The fourth-order valence-corrected chi connectivity index (χ4v) is 4.58. The Morgan fingerprint density at radius 2 is 1.64 bits per heavy atom. The van der Waals surface area contributed by atoms with Gasteiger partial charge in [0.15, 0.2) is 0 Å². The molecule has 0 unspecified atom stereocenters. The van der Waals surface area contributed by atoms with Crippen LogP contribution in [0.1, 0.15) is 97.7 Å². The summed E-state index contributed by atoms with van der Waals surface area (Å²) < 4.78 is 16.2. The zero-order valence-corrected chi connectivity index (χ0v) is 26.6. The fourth-order valence-electron chi connectivity index (χ4n) is 4.58. The highest BCUT2D eigenvalue weighted by Crippen LogP contribution is 2.14. The van der Waals surface area contributed by atoms with Crippen LogP contribution in [-0.2, 0) is 35.4 Å². The van der Waals surface area contributed by atoms with Gasteiger partial charge in [-0.15, -0.1) is 0 Å². The van der Waals surface area contributed by atoms with E-state index in [4.69, 9.17) is 19.4 Å². The van der Waals surface area contributed by atoms with Gasteiger partial charge >= 0.3 is 0 Å². The summed E-state index contributed by atoms with van der Waals surface area (Å²) in [4.78, 5) is 12.5. The first-order valence-electron chi connectivity index (χ1n) is 15.3. The van der Waals surface area contributed by atoms with Crippen molar-refractivity contribution in [3.63, 3.8) is 0 Å². The highest BCUT2D eigenvalue weighted by atomic mass is 16.5. The maximum atomic E-state index is 5.91. The van der Waals surface area contributed by atoms with E-state index in [1.807, 2.05) is 0 Å². The van der Waals surface area contributed by atoms with E-state index >= 15 is 0 Å². The number of aromatic nitrogens is 4. The van der Waals surface area contributed by atoms with Crippen molar-refractivity contribution in [2.45, 2.75) is 125 Å². The fraction of sp³-hybridized carbons (Fsp3) is 0.806. The van der Waals surface area contributed by atoms with Gasteiger partial charge in [0.1, 0.15) is 11.6 Å². The Labute approximate surface area is 238 Å². The molecule has 2 rings (SSSR count).